The summed E-state index contributed by atoms with van der Waals surface area (Å²) in [6.45, 7) is 0.404. The molecule has 0 aliphatic rings. The zero-order chi connectivity index (χ0) is 26.4. The molecule has 1 aromatic heterocycles. The van der Waals surface area contributed by atoms with E-state index in [1.807, 2.05) is 12.1 Å². The number of benzene rings is 3. The number of rotatable bonds is 10. The highest BCUT2D eigenvalue weighted by Gasteiger charge is 2.36. The zero-order valence-electron chi connectivity index (χ0n) is 19.4. The lowest BCUT2D eigenvalue weighted by Crippen LogP contribution is -2.16. The van der Waals surface area contributed by atoms with Gasteiger partial charge >= 0.3 is 5.69 Å². The maximum atomic E-state index is 13.8. The molecule has 0 saturated carbocycles. The number of nitro benzene ring substituents is 1. The number of primary amides is 1. The van der Waals surface area contributed by atoms with Crippen molar-refractivity contribution in [1.29, 1.82) is 0 Å². The number of pyridine rings is 1. The van der Waals surface area contributed by atoms with Crippen LogP contribution < -0.4 is 15.8 Å². The first-order valence-electron chi connectivity index (χ1n) is 11.1. The van der Waals surface area contributed by atoms with E-state index in [0.717, 1.165) is 17.7 Å². The number of carbonyl (C=O) groups is 1. The van der Waals surface area contributed by atoms with Crippen molar-refractivity contribution >= 4 is 27.1 Å². The molecule has 0 bridgehead atoms. The van der Waals surface area contributed by atoms with Crippen molar-refractivity contribution in [2.75, 3.05) is 11.9 Å². The fourth-order valence-corrected chi connectivity index (χ4v) is 5.30. The van der Waals surface area contributed by atoms with Crippen LogP contribution in [-0.4, -0.2) is 30.8 Å². The van der Waals surface area contributed by atoms with Crippen molar-refractivity contribution in [2.45, 2.75) is 16.2 Å². The zero-order valence-corrected chi connectivity index (χ0v) is 20.2. The molecule has 0 aliphatic heterocycles. The van der Waals surface area contributed by atoms with Gasteiger partial charge in [0.2, 0.25) is 15.6 Å². The second-order valence-corrected chi connectivity index (χ2v) is 9.74. The minimum absolute atomic E-state index is 0.162. The van der Waals surface area contributed by atoms with Crippen LogP contribution in [0.4, 0.5) is 11.4 Å². The quantitative estimate of drug-likeness (QED) is 0.232. The van der Waals surface area contributed by atoms with Gasteiger partial charge in [-0.3, -0.25) is 19.9 Å². The summed E-state index contributed by atoms with van der Waals surface area (Å²) >= 11 is 0. The lowest BCUT2D eigenvalue weighted by molar-refractivity contribution is -0.388. The summed E-state index contributed by atoms with van der Waals surface area (Å²) in [6, 6.07) is 19.9. The number of nitrogens with two attached hydrogens (primary N) is 1. The maximum absolute atomic E-state index is 13.8. The van der Waals surface area contributed by atoms with E-state index in [4.69, 9.17) is 10.5 Å². The molecule has 10 nitrogen and oxygen atoms in total. The van der Waals surface area contributed by atoms with Crippen LogP contribution in [0.15, 0.2) is 101 Å². The lowest BCUT2D eigenvalue weighted by Gasteiger charge is -2.15. The van der Waals surface area contributed by atoms with Crippen molar-refractivity contribution < 1.29 is 22.9 Å². The highest BCUT2D eigenvalue weighted by Crippen LogP contribution is 2.42. The Morgan fingerprint density at radius 1 is 0.946 bits per heavy atom. The van der Waals surface area contributed by atoms with Crippen molar-refractivity contribution in [3.8, 4) is 11.5 Å². The van der Waals surface area contributed by atoms with Gasteiger partial charge in [0.15, 0.2) is 4.90 Å². The number of nitro groups is 1. The average molecular weight is 519 g/mol. The number of amides is 1. The maximum Gasteiger partial charge on any atom is 0.331 e. The number of nitrogens with one attached hydrogen (secondary N) is 1. The van der Waals surface area contributed by atoms with E-state index in [1.54, 1.807) is 42.7 Å². The number of aromatic nitrogens is 1. The van der Waals surface area contributed by atoms with Crippen molar-refractivity contribution in [3.05, 3.63) is 112 Å². The highest BCUT2D eigenvalue weighted by atomic mass is 32.2. The predicted octanol–water partition coefficient (Wildman–Crippen LogP) is 4.37. The molecule has 0 radical (unpaired) electrons. The Morgan fingerprint density at radius 2 is 1.62 bits per heavy atom. The van der Waals surface area contributed by atoms with Crippen molar-refractivity contribution in [2.24, 2.45) is 5.73 Å². The van der Waals surface area contributed by atoms with Crippen molar-refractivity contribution in [1.82, 2.24) is 4.98 Å². The van der Waals surface area contributed by atoms with E-state index in [2.05, 4.69) is 10.3 Å². The molecule has 188 valence electrons. The molecule has 0 fully saturated rings. The fraction of sp³-hybridized carbons (Fsp3) is 0.0769. The molecule has 1 heterocycles. The monoisotopic (exact) mass is 518 g/mol. The number of sulfone groups is 1. The van der Waals surface area contributed by atoms with Crippen LogP contribution in [0.3, 0.4) is 0 Å². The molecular formula is C26H22N4O6S. The number of hydrogen-bond donors (Lipinski definition) is 2. The molecule has 4 rings (SSSR count). The van der Waals surface area contributed by atoms with Gasteiger partial charge in [0, 0.05) is 18.9 Å². The molecule has 0 aliphatic carbocycles. The van der Waals surface area contributed by atoms with E-state index in [9.17, 15) is 23.3 Å². The number of para-hydroxylation sites is 2. The van der Waals surface area contributed by atoms with Crippen LogP contribution in [0.5, 0.6) is 11.5 Å². The number of anilines is 1. The van der Waals surface area contributed by atoms with Gasteiger partial charge in [-0.05, 0) is 60.5 Å². The smallest absolute Gasteiger partial charge is 0.331 e. The van der Waals surface area contributed by atoms with Gasteiger partial charge in [-0.1, -0.05) is 30.3 Å². The van der Waals surface area contributed by atoms with Gasteiger partial charge in [-0.2, -0.15) is 0 Å². The van der Waals surface area contributed by atoms with E-state index < -0.39 is 37.0 Å². The lowest BCUT2D eigenvalue weighted by atomic mass is 10.1. The van der Waals surface area contributed by atoms with E-state index >= 15 is 0 Å². The first kappa shape index (κ1) is 25.3. The fourth-order valence-electron chi connectivity index (χ4n) is 3.70. The third-order valence-corrected chi connectivity index (χ3v) is 7.29. The van der Waals surface area contributed by atoms with Crippen molar-refractivity contribution in [3.63, 3.8) is 0 Å². The SMILES string of the molecule is NC(=O)c1ccc(S(=O)(=O)c2ccccc2NCCc2ccncc2)c([N+](=O)[O-])c1Oc1ccccc1. The second kappa shape index (κ2) is 10.9. The van der Waals surface area contributed by atoms with Gasteiger partial charge in [-0.15, -0.1) is 0 Å². The van der Waals surface area contributed by atoms with Gasteiger partial charge in [0.25, 0.3) is 5.91 Å². The van der Waals surface area contributed by atoms with E-state index in [-0.39, 0.29) is 21.9 Å². The summed E-state index contributed by atoms with van der Waals surface area (Å²) < 4.78 is 33.2. The van der Waals surface area contributed by atoms with Crippen LogP contribution in [-0.2, 0) is 16.3 Å². The summed E-state index contributed by atoms with van der Waals surface area (Å²) in [5.74, 6) is -1.38. The summed E-state index contributed by atoms with van der Waals surface area (Å²) in [5.41, 5.74) is 5.50. The third-order valence-electron chi connectivity index (χ3n) is 5.45. The molecule has 37 heavy (non-hydrogen) atoms. The standard InChI is InChI=1S/C26H22N4O6S/c27-26(31)20-10-11-23(24(30(32)33)25(20)36-19-6-2-1-3-7-19)37(34,35)22-9-5-4-8-21(22)29-17-14-18-12-15-28-16-13-18/h1-13,15-16,29H,14,17H2,(H2,27,31). The molecule has 0 spiro atoms. The number of carbonyl (C=O) groups excluding carboxylic acids is 1. The number of nitrogens with zero attached hydrogens (tertiary/aromatic N) is 2. The van der Waals surface area contributed by atoms with Gasteiger partial charge in [-0.25, -0.2) is 8.42 Å². The molecule has 1 amide bonds. The predicted molar refractivity (Wildman–Crippen MR) is 136 cm³/mol. The van der Waals surface area contributed by atoms with Crippen LogP contribution >= 0.6 is 0 Å². The van der Waals surface area contributed by atoms with Gasteiger partial charge in [0.05, 0.1) is 21.1 Å². The Balaban J connectivity index is 1.78. The van der Waals surface area contributed by atoms with Crippen LogP contribution in [0.25, 0.3) is 0 Å². The minimum Gasteiger partial charge on any atom is -0.449 e. The molecule has 3 aromatic carbocycles. The first-order chi connectivity index (χ1) is 17.8. The summed E-state index contributed by atoms with van der Waals surface area (Å²) in [4.78, 5) is 26.5. The van der Waals surface area contributed by atoms with Crippen LogP contribution in [0, 0.1) is 10.1 Å². The molecule has 0 unspecified atom stereocenters. The Labute approximate surface area is 212 Å². The second-order valence-electron chi connectivity index (χ2n) is 7.86. The number of ether oxygens (including phenoxy) is 1. The average Bonchev–Trinajstić information content (AvgIpc) is 2.89. The summed E-state index contributed by atoms with van der Waals surface area (Å²) in [7, 11) is -4.44. The molecule has 3 N–H and O–H groups in total. The Morgan fingerprint density at radius 3 is 2.30 bits per heavy atom. The largest absolute Gasteiger partial charge is 0.449 e. The summed E-state index contributed by atoms with van der Waals surface area (Å²) in [5, 5.41) is 15.3. The number of hydrogen-bond acceptors (Lipinski definition) is 8. The van der Waals surface area contributed by atoms with Crippen LogP contribution in [0.1, 0.15) is 15.9 Å². The topological polar surface area (TPSA) is 155 Å². The third kappa shape index (κ3) is 5.57. The Bertz CT molecular complexity index is 1540. The Hall–Kier alpha value is -4.77. The molecule has 4 aromatic rings. The molecular weight excluding hydrogens is 496 g/mol. The molecule has 0 saturated heterocycles. The first-order valence-corrected chi connectivity index (χ1v) is 12.6. The van der Waals surface area contributed by atoms with Crippen LogP contribution in [0.2, 0.25) is 0 Å². The molecule has 11 heteroatoms. The van der Waals surface area contributed by atoms with Gasteiger partial charge < -0.3 is 15.8 Å². The normalized spacial score (nSPS) is 11.0. The minimum atomic E-state index is -4.44. The highest BCUT2D eigenvalue weighted by molar-refractivity contribution is 7.91. The van der Waals surface area contributed by atoms with E-state index in [1.165, 1.54) is 24.3 Å². The van der Waals surface area contributed by atoms with Gasteiger partial charge in [0.1, 0.15) is 5.75 Å². The Kier molecular flexibility index (Phi) is 7.44. The molecule has 0 atom stereocenters. The van der Waals surface area contributed by atoms with E-state index in [0.29, 0.717) is 13.0 Å². The summed E-state index contributed by atoms with van der Waals surface area (Å²) in [6.07, 6.45) is 3.93.